The largest absolute Gasteiger partial charge is 0.496 e. The fourth-order valence-corrected chi connectivity index (χ4v) is 2.96. The van der Waals surface area contributed by atoms with Crippen molar-refractivity contribution in [2.24, 2.45) is 0 Å². The van der Waals surface area contributed by atoms with Gasteiger partial charge >= 0.3 is 6.09 Å². The second-order valence-electron chi connectivity index (χ2n) is 7.85. The number of carbonyl (C=O) groups excluding carboxylic acids is 3. The summed E-state index contributed by atoms with van der Waals surface area (Å²) in [6.07, 6.45) is 0.824. The standard InChI is InChI=1S/C23H28N2O5/c1-16(14-26)25(22(28)30-23(2,3)4)24(5)19-10-11-21(29-6)20(13-19)18-9-7-8-17(12-18)15-27/h7-16H,1-6H3/t16-/m0/s1. The minimum atomic E-state index is -0.742. The first kappa shape index (κ1) is 22.9. The molecule has 0 bridgehead atoms. The number of carbonyl (C=O) groups is 3. The summed E-state index contributed by atoms with van der Waals surface area (Å²) in [5, 5.41) is 2.82. The maximum Gasteiger partial charge on any atom is 0.429 e. The molecule has 2 aromatic rings. The molecule has 0 saturated heterocycles. The third-order valence-corrected chi connectivity index (χ3v) is 4.38. The number of aldehydes is 2. The van der Waals surface area contributed by atoms with Crippen LogP contribution in [0.3, 0.4) is 0 Å². The molecule has 0 aliphatic carbocycles. The molecule has 0 aliphatic heterocycles. The van der Waals surface area contributed by atoms with Crippen LogP contribution in [0, 0.1) is 0 Å². The first-order chi connectivity index (χ1) is 14.1. The SMILES string of the molecule is COc1ccc(N(C)N(C(=O)OC(C)(C)C)[C@@H](C)C=O)cc1-c1cccc(C=O)c1. The van der Waals surface area contributed by atoms with Crippen molar-refractivity contribution in [2.45, 2.75) is 39.3 Å². The van der Waals surface area contributed by atoms with Crippen LogP contribution < -0.4 is 9.75 Å². The third kappa shape index (κ3) is 5.37. The molecule has 0 unspecified atom stereocenters. The molecule has 0 aliphatic rings. The molecule has 0 spiro atoms. The zero-order valence-electron chi connectivity index (χ0n) is 18.2. The number of amides is 1. The minimum Gasteiger partial charge on any atom is -0.496 e. The molecule has 0 heterocycles. The van der Waals surface area contributed by atoms with Crippen LogP contribution in [0.2, 0.25) is 0 Å². The third-order valence-electron chi connectivity index (χ3n) is 4.38. The summed E-state index contributed by atoms with van der Waals surface area (Å²) in [6.45, 7) is 6.91. The van der Waals surface area contributed by atoms with E-state index in [4.69, 9.17) is 9.47 Å². The second kappa shape index (κ2) is 9.43. The molecular formula is C23H28N2O5. The number of ether oxygens (including phenoxy) is 2. The fraction of sp³-hybridized carbons (Fsp3) is 0.348. The molecular weight excluding hydrogens is 384 g/mol. The van der Waals surface area contributed by atoms with Gasteiger partial charge in [0.15, 0.2) is 0 Å². The molecule has 2 aromatic carbocycles. The van der Waals surface area contributed by atoms with Crippen molar-refractivity contribution < 1.29 is 23.9 Å². The molecule has 1 atom stereocenters. The lowest BCUT2D eigenvalue weighted by Crippen LogP contribution is -2.52. The van der Waals surface area contributed by atoms with E-state index in [0.717, 1.165) is 17.4 Å². The highest BCUT2D eigenvalue weighted by Crippen LogP contribution is 2.34. The van der Waals surface area contributed by atoms with Crippen molar-refractivity contribution in [3.8, 4) is 16.9 Å². The summed E-state index contributed by atoms with van der Waals surface area (Å²) < 4.78 is 11.0. The quantitative estimate of drug-likeness (QED) is 0.497. The van der Waals surface area contributed by atoms with Crippen LogP contribution in [0.1, 0.15) is 38.1 Å². The Hall–Kier alpha value is -3.35. The molecule has 160 valence electrons. The smallest absolute Gasteiger partial charge is 0.429 e. The van der Waals surface area contributed by atoms with Gasteiger partial charge in [0.2, 0.25) is 0 Å². The normalized spacial score (nSPS) is 11.9. The Bertz CT molecular complexity index is 920. The summed E-state index contributed by atoms with van der Waals surface area (Å²) in [5.41, 5.74) is 2.01. The molecule has 7 heteroatoms. The molecule has 0 radical (unpaired) electrons. The predicted molar refractivity (Wildman–Crippen MR) is 116 cm³/mol. The van der Waals surface area contributed by atoms with Crippen LogP contribution in [0.4, 0.5) is 10.5 Å². The van der Waals surface area contributed by atoms with Crippen molar-refractivity contribution >= 4 is 24.4 Å². The molecule has 0 fully saturated rings. The maximum absolute atomic E-state index is 12.8. The number of rotatable bonds is 7. The highest BCUT2D eigenvalue weighted by Gasteiger charge is 2.30. The lowest BCUT2D eigenvalue weighted by Gasteiger charge is -2.37. The molecule has 1 amide bonds. The van der Waals surface area contributed by atoms with Crippen LogP contribution in [0.25, 0.3) is 11.1 Å². The summed E-state index contributed by atoms with van der Waals surface area (Å²) in [6, 6.07) is 11.8. The molecule has 0 aromatic heterocycles. The zero-order chi connectivity index (χ0) is 22.5. The van der Waals surface area contributed by atoms with Gasteiger partial charge in [0, 0.05) is 18.2 Å². The zero-order valence-corrected chi connectivity index (χ0v) is 18.2. The van der Waals surface area contributed by atoms with E-state index in [1.54, 1.807) is 77.2 Å². The number of nitrogens with zero attached hydrogens (tertiary/aromatic N) is 2. The highest BCUT2D eigenvalue weighted by molar-refractivity contribution is 5.82. The van der Waals surface area contributed by atoms with E-state index in [9.17, 15) is 14.4 Å². The molecule has 30 heavy (non-hydrogen) atoms. The first-order valence-corrected chi connectivity index (χ1v) is 9.56. The van der Waals surface area contributed by atoms with Crippen molar-refractivity contribution in [3.63, 3.8) is 0 Å². The number of hydrazine groups is 1. The molecule has 2 rings (SSSR count). The second-order valence-corrected chi connectivity index (χ2v) is 7.85. The lowest BCUT2D eigenvalue weighted by molar-refractivity contribution is -0.112. The number of hydrogen-bond acceptors (Lipinski definition) is 6. The average molecular weight is 412 g/mol. The van der Waals surface area contributed by atoms with Gasteiger partial charge < -0.3 is 14.3 Å². The van der Waals surface area contributed by atoms with Gasteiger partial charge in [-0.05, 0) is 57.5 Å². The Morgan fingerprint density at radius 2 is 1.80 bits per heavy atom. The van der Waals surface area contributed by atoms with E-state index in [2.05, 4.69) is 0 Å². The van der Waals surface area contributed by atoms with E-state index >= 15 is 0 Å². The van der Waals surface area contributed by atoms with Crippen LogP contribution in [-0.2, 0) is 9.53 Å². The lowest BCUT2D eigenvalue weighted by atomic mass is 10.0. The van der Waals surface area contributed by atoms with E-state index in [-0.39, 0.29) is 0 Å². The van der Waals surface area contributed by atoms with E-state index in [1.807, 2.05) is 12.1 Å². The minimum absolute atomic E-state index is 0.540. The predicted octanol–water partition coefficient (Wildman–Crippen LogP) is 4.35. The maximum atomic E-state index is 12.8. The van der Waals surface area contributed by atoms with Crippen LogP contribution in [0.15, 0.2) is 42.5 Å². The number of methoxy groups -OCH3 is 1. The number of anilines is 1. The highest BCUT2D eigenvalue weighted by atomic mass is 16.6. The van der Waals surface area contributed by atoms with Gasteiger partial charge in [0.25, 0.3) is 0 Å². The van der Waals surface area contributed by atoms with Gasteiger partial charge in [0.1, 0.15) is 30.0 Å². The van der Waals surface area contributed by atoms with Gasteiger partial charge in [-0.1, -0.05) is 18.2 Å². The van der Waals surface area contributed by atoms with Gasteiger partial charge in [-0.15, -0.1) is 0 Å². The number of benzene rings is 2. The van der Waals surface area contributed by atoms with Crippen molar-refractivity contribution in [2.75, 3.05) is 19.2 Å². The van der Waals surface area contributed by atoms with Crippen molar-refractivity contribution in [3.05, 3.63) is 48.0 Å². The van der Waals surface area contributed by atoms with E-state index < -0.39 is 17.7 Å². The summed E-state index contributed by atoms with van der Waals surface area (Å²) in [5.74, 6) is 0.613. The Balaban J connectivity index is 2.51. The van der Waals surface area contributed by atoms with E-state index in [0.29, 0.717) is 23.3 Å². The summed E-state index contributed by atoms with van der Waals surface area (Å²) >= 11 is 0. The first-order valence-electron chi connectivity index (χ1n) is 9.56. The Morgan fingerprint density at radius 1 is 1.10 bits per heavy atom. The topological polar surface area (TPSA) is 76.2 Å². The van der Waals surface area contributed by atoms with E-state index in [1.165, 1.54) is 5.01 Å². The van der Waals surface area contributed by atoms with Gasteiger partial charge in [-0.25, -0.2) is 9.80 Å². The average Bonchev–Trinajstić information content (AvgIpc) is 2.71. The molecule has 0 N–H and O–H groups in total. The Kier molecular flexibility index (Phi) is 7.21. The van der Waals surface area contributed by atoms with Gasteiger partial charge in [-0.3, -0.25) is 9.80 Å². The van der Waals surface area contributed by atoms with Crippen LogP contribution in [-0.4, -0.2) is 49.5 Å². The summed E-state index contributed by atoms with van der Waals surface area (Å²) in [7, 11) is 3.24. The number of hydrogen-bond donors (Lipinski definition) is 0. The van der Waals surface area contributed by atoms with Crippen molar-refractivity contribution in [1.29, 1.82) is 0 Å². The van der Waals surface area contributed by atoms with Gasteiger partial charge in [-0.2, -0.15) is 0 Å². The Labute approximate surface area is 177 Å². The van der Waals surface area contributed by atoms with Crippen molar-refractivity contribution in [1.82, 2.24) is 5.01 Å². The molecule has 0 saturated carbocycles. The van der Waals surface area contributed by atoms with Gasteiger partial charge in [0.05, 0.1) is 12.8 Å². The van der Waals surface area contributed by atoms with Crippen LogP contribution in [0.5, 0.6) is 5.75 Å². The summed E-state index contributed by atoms with van der Waals surface area (Å²) in [4.78, 5) is 35.4. The fourth-order valence-electron chi connectivity index (χ4n) is 2.96. The molecule has 7 nitrogen and oxygen atoms in total. The Morgan fingerprint density at radius 3 is 2.37 bits per heavy atom. The van der Waals surface area contributed by atoms with Crippen LogP contribution >= 0.6 is 0 Å². The monoisotopic (exact) mass is 412 g/mol.